The predicted octanol–water partition coefficient (Wildman–Crippen LogP) is 4.41. The summed E-state index contributed by atoms with van der Waals surface area (Å²) in [5.74, 6) is -0.118. The number of benzene rings is 1. The summed E-state index contributed by atoms with van der Waals surface area (Å²) in [6.07, 6.45) is 5.03. The van der Waals surface area contributed by atoms with Gasteiger partial charge >= 0.3 is 0 Å². The van der Waals surface area contributed by atoms with Crippen LogP contribution in [0.5, 0.6) is 0 Å². The first kappa shape index (κ1) is 14.8. The molecule has 0 aliphatic rings. The van der Waals surface area contributed by atoms with Crippen molar-refractivity contribution < 1.29 is 4.79 Å². The molecule has 3 nitrogen and oxygen atoms in total. The van der Waals surface area contributed by atoms with Gasteiger partial charge in [0.15, 0.2) is 5.78 Å². The Balaban J connectivity index is 2.20. The zero-order valence-corrected chi connectivity index (χ0v) is 12.7. The molecule has 0 fully saturated rings. The van der Waals surface area contributed by atoms with Crippen LogP contribution in [0.4, 0.5) is 0 Å². The minimum atomic E-state index is -0.118. The second-order valence-electron chi connectivity index (χ2n) is 4.33. The molecule has 0 radical (unpaired) electrons. The molecule has 0 spiro atoms. The number of rotatable bonds is 4. The van der Waals surface area contributed by atoms with Gasteiger partial charge in [-0.15, -0.1) is 0 Å². The number of ketones is 1. The monoisotopic (exact) mass is 308 g/mol. The summed E-state index contributed by atoms with van der Waals surface area (Å²) in [6.45, 7) is 4.80. The fourth-order valence-corrected chi connectivity index (χ4v) is 2.15. The summed E-state index contributed by atoms with van der Waals surface area (Å²) in [7, 11) is 0. The number of halogens is 2. The van der Waals surface area contributed by atoms with Crippen LogP contribution in [0.25, 0.3) is 6.08 Å². The van der Waals surface area contributed by atoms with Crippen molar-refractivity contribution in [2.24, 2.45) is 0 Å². The number of hydrogen-bond acceptors (Lipinski definition) is 2. The number of carbonyl (C=O) groups is 1. The van der Waals surface area contributed by atoms with Crippen molar-refractivity contribution in [3.63, 3.8) is 0 Å². The fraction of sp³-hybridized carbons (Fsp3) is 0.200. The molecular weight excluding hydrogens is 295 g/mol. The van der Waals surface area contributed by atoms with E-state index in [0.29, 0.717) is 15.6 Å². The first-order valence-electron chi connectivity index (χ1n) is 6.22. The van der Waals surface area contributed by atoms with E-state index in [4.69, 9.17) is 23.2 Å². The van der Waals surface area contributed by atoms with Gasteiger partial charge in [0.25, 0.3) is 0 Å². The summed E-state index contributed by atoms with van der Waals surface area (Å²) >= 11 is 11.7. The standard InChI is InChI=1S/C15H14Cl2N2O/c1-3-19-10(2)12(9-18-19)5-7-15(20)11-4-6-13(16)14(17)8-11/h4-9H,3H2,1-2H3. The van der Waals surface area contributed by atoms with Gasteiger partial charge in [-0.3, -0.25) is 9.48 Å². The number of aryl methyl sites for hydroxylation is 1. The first-order chi connectivity index (χ1) is 9.52. The lowest BCUT2D eigenvalue weighted by Crippen LogP contribution is -1.98. The van der Waals surface area contributed by atoms with E-state index in [2.05, 4.69) is 5.10 Å². The topological polar surface area (TPSA) is 34.9 Å². The molecule has 0 aliphatic heterocycles. The minimum absolute atomic E-state index is 0.118. The van der Waals surface area contributed by atoms with Crippen LogP contribution in [-0.2, 0) is 6.54 Å². The highest BCUT2D eigenvalue weighted by Crippen LogP contribution is 2.23. The largest absolute Gasteiger partial charge is 0.289 e. The summed E-state index contributed by atoms with van der Waals surface area (Å²) < 4.78 is 1.88. The molecular formula is C15H14Cl2N2O. The highest BCUT2D eigenvalue weighted by Gasteiger charge is 2.06. The Labute approximate surface area is 127 Å². The van der Waals surface area contributed by atoms with E-state index in [9.17, 15) is 4.79 Å². The summed E-state index contributed by atoms with van der Waals surface area (Å²) in [5, 5.41) is 5.04. The molecule has 104 valence electrons. The number of allylic oxidation sites excluding steroid dienone is 1. The number of nitrogens with zero attached hydrogens (tertiary/aromatic N) is 2. The average Bonchev–Trinajstić information content (AvgIpc) is 2.79. The van der Waals surface area contributed by atoms with E-state index < -0.39 is 0 Å². The van der Waals surface area contributed by atoms with Crippen molar-refractivity contribution in [3.05, 3.63) is 57.3 Å². The Hall–Kier alpha value is -1.58. The van der Waals surface area contributed by atoms with Crippen molar-refractivity contribution in [1.82, 2.24) is 9.78 Å². The molecule has 0 N–H and O–H groups in total. The molecule has 2 aromatic rings. The van der Waals surface area contributed by atoms with Gasteiger partial charge in [0.1, 0.15) is 0 Å². The molecule has 5 heteroatoms. The predicted molar refractivity (Wildman–Crippen MR) is 82.5 cm³/mol. The number of hydrogen-bond donors (Lipinski definition) is 0. The first-order valence-corrected chi connectivity index (χ1v) is 6.98. The Morgan fingerprint density at radius 1 is 1.35 bits per heavy atom. The van der Waals surface area contributed by atoms with Crippen molar-refractivity contribution >= 4 is 35.1 Å². The van der Waals surface area contributed by atoms with E-state index in [0.717, 1.165) is 17.8 Å². The lowest BCUT2D eigenvalue weighted by Gasteiger charge is -2.00. The van der Waals surface area contributed by atoms with Crippen LogP contribution in [0.1, 0.15) is 28.5 Å². The normalized spacial score (nSPS) is 11.2. The Morgan fingerprint density at radius 2 is 2.10 bits per heavy atom. The van der Waals surface area contributed by atoms with E-state index >= 15 is 0 Å². The van der Waals surface area contributed by atoms with Gasteiger partial charge in [0, 0.05) is 23.4 Å². The van der Waals surface area contributed by atoms with Crippen LogP contribution in [0.2, 0.25) is 10.0 Å². The Kier molecular flexibility index (Phi) is 4.63. The molecule has 0 saturated carbocycles. The van der Waals surface area contributed by atoms with Gasteiger partial charge in [-0.05, 0) is 44.2 Å². The quantitative estimate of drug-likeness (QED) is 0.619. The van der Waals surface area contributed by atoms with Crippen LogP contribution in [0.15, 0.2) is 30.5 Å². The maximum absolute atomic E-state index is 12.1. The molecule has 0 aliphatic carbocycles. The molecule has 1 heterocycles. The van der Waals surface area contributed by atoms with E-state index in [1.807, 2.05) is 18.5 Å². The molecule has 1 aromatic carbocycles. The maximum Gasteiger partial charge on any atom is 0.185 e. The summed E-state index contributed by atoms with van der Waals surface area (Å²) in [5.41, 5.74) is 2.47. The van der Waals surface area contributed by atoms with Crippen molar-refractivity contribution in [2.75, 3.05) is 0 Å². The maximum atomic E-state index is 12.1. The molecule has 20 heavy (non-hydrogen) atoms. The summed E-state index contributed by atoms with van der Waals surface area (Å²) in [6, 6.07) is 4.84. The van der Waals surface area contributed by atoms with Crippen molar-refractivity contribution in [1.29, 1.82) is 0 Å². The van der Waals surface area contributed by atoms with Crippen LogP contribution < -0.4 is 0 Å². The zero-order valence-electron chi connectivity index (χ0n) is 11.2. The van der Waals surface area contributed by atoms with Crippen LogP contribution in [0.3, 0.4) is 0 Å². The number of carbonyl (C=O) groups excluding carboxylic acids is 1. The SMILES string of the molecule is CCn1ncc(C=CC(=O)c2ccc(Cl)c(Cl)c2)c1C. The van der Waals surface area contributed by atoms with Gasteiger partial charge in [0.05, 0.1) is 16.2 Å². The third kappa shape index (κ3) is 3.11. The summed E-state index contributed by atoms with van der Waals surface area (Å²) in [4.78, 5) is 12.1. The highest BCUT2D eigenvalue weighted by molar-refractivity contribution is 6.42. The van der Waals surface area contributed by atoms with Crippen LogP contribution in [-0.4, -0.2) is 15.6 Å². The van der Waals surface area contributed by atoms with E-state index in [1.54, 1.807) is 30.5 Å². The number of aromatic nitrogens is 2. The molecule has 0 bridgehead atoms. The van der Waals surface area contributed by atoms with Gasteiger partial charge < -0.3 is 0 Å². The smallest absolute Gasteiger partial charge is 0.185 e. The molecule has 0 unspecified atom stereocenters. The van der Waals surface area contributed by atoms with E-state index in [1.165, 1.54) is 6.08 Å². The van der Waals surface area contributed by atoms with Crippen molar-refractivity contribution in [3.8, 4) is 0 Å². The zero-order chi connectivity index (χ0) is 14.7. The lowest BCUT2D eigenvalue weighted by molar-refractivity contribution is 0.104. The Morgan fingerprint density at radius 3 is 2.70 bits per heavy atom. The fourth-order valence-electron chi connectivity index (χ4n) is 1.85. The van der Waals surface area contributed by atoms with Gasteiger partial charge in [-0.25, -0.2) is 0 Å². The third-order valence-corrected chi connectivity index (χ3v) is 3.80. The molecule has 0 saturated heterocycles. The lowest BCUT2D eigenvalue weighted by atomic mass is 10.1. The van der Waals surface area contributed by atoms with Gasteiger partial charge in [0.2, 0.25) is 0 Å². The second kappa shape index (κ2) is 6.25. The molecule has 2 rings (SSSR count). The molecule has 0 amide bonds. The average molecular weight is 309 g/mol. The van der Waals surface area contributed by atoms with Gasteiger partial charge in [-0.1, -0.05) is 23.2 Å². The third-order valence-electron chi connectivity index (χ3n) is 3.06. The van der Waals surface area contributed by atoms with Crippen LogP contribution >= 0.6 is 23.2 Å². The molecule has 0 atom stereocenters. The van der Waals surface area contributed by atoms with E-state index in [-0.39, 0.29) is 5.78 Å². The van der Waals surface area contributed by atoms with Crippen LogP contribution in [0, 0.1) is 6.92 Å². The highest BCUT2D eigenvalue weighted by atomic mass is 35.5. The van der Waals surface area contributed by atoms with Gasteiger partial charge in [-0.2, -0.15) is 5.10 Å². The minimum Gasteiger partial charge on any atom is -0.289 e. The van der Waals surface area contributed by atoms with Crippen molar-refractivity contribution in [2.45, 2.75) is 20.4 Å². The molecule has 1 aromatic heterocycles. The Bertz CT molecular complexity index is 675. The second-order valence-corrected chi connectivity index (χ2v) is 5.14.